The maximum Gasteiger partial charge on any atom is 0.00809 e. The average Bonchev–Trinajstić information content (AvgIpc) is 3.26. The van der Waals surface area contributed by atoms with Gasteiger partial charge in [-0.3, -0.25) is 0 Å². The summed E-state index contributed by atoms with van der Waals surface area (Å²) >= 11 is 0. The van der Waals surface area contributed by atoms with E-state index in [-0.39, 0.29) is 5.41 Å². The van der Waals surface area contributed by atoms with Crippen molar-refractivity contribution >= 4 is 0 Å². The average molecular weight is 300 g/mol. The highest BCUT2D eigenvalue weighted by atomic mass is 15.1. The van der Waals surface area contributed by atoms with Crippen LogP contribution >= 0.6 is 0 Å². The van der Waals surface area contributed by atoms with Gasteiger partial charge in [0, 0.05) is 12.0 Å². The van der Waals surface area contributed by atoms with Crippen molar-refractivity contribution < 1.29 is 0 Å². The van der Waals surface area contributed by atoms with Crippen molar-refractivity contribution in [1.29, 1.82) is 0 Å². The van der Waals surface area contributed by atoms with Crippen LogP contribution in [0.15, 0.2) is 24.3 Å². The van der Waals surface area contributed by atoms with Crippen LogP contribution in [-0.4, -0.2) is 24.5 Å². The van der Waals surface area contributed by atoms with Gasteiger partial charge in [0.05, 0.1) is 0 Å². The summed E-state index contributed by atoms with van der Waals surface area (Å²) < 4.78 is 0. The molecule has 0 radical (unpaired) electrons. The molecule has 0 N–H and O–H groups in total. The second-order valence-corrected chi connectivity index (χ2v) is 8.92. The van der Waals surface area contributed by atoms with Crippen LogP contribution in [0, 0.1) is 5.92 Å². The third kappa shape index (κ3) is 3.56. The fourth-order valence-corrected chi connectivity index (χ4v) is 3.92. The minimum absolute atomic E-state index is 0.260. The summed E-state index contributed by atoms with van der Waals surface area (Å²) in [6, 6.07) is 9.54. The monoisotopic (exact) mass is 299 g/mol. The molecule has 3 rings (SSSR count). The Labute approximate surface area is 137 Å². The van der Waals surface area contributed by atoms with Gasteiger partial charge in [-0.1, -0.05) is 52.0 Å². The zero-order valence-corrected chi connectivity index (χ0v) is 15.0. The van der Waals surface area contributed by atoms with Crippen LogP contribution in [0.5, 0.6) is 0 Å². The number of hydrogen-bond acceptors (Lipinski definition) is 1. The molecule has 1 nitrogen and oxygen atoms in total. The summed E-state index contributed by atoms with van der Waals surface area (Å²) in [6.45, 7) is 13.2. The molecule has 1 heteroatoms. The first kappa shape index (κ1) is 16.1. The van der Waals surface area contributed by atoms with Gasteiger partial charge in [0.25, 0.3) is 0 Å². The molecule has 22 heavy (non-hydrogen) atoms. The molecular weight excluding hydrogens is 266 g/mol. The van der Waals surface area contributed by atoms with Crippen molar-refractivity contribution in [3.8, 4) is 0 Å². The Morgan fingerprint density at radius 2 is 1.73 bits per heavy atom. The number of benzene rings is 1. The zero-order chi connectivity index (χ0) is 15.8. The molecular formula is C21H33N. The van der Waals surface area contributed by atoms with Crippen molar-refractivity contribution in [2.24, 2.45) is 5.92 Å². The van der Waals surface area contributed by atoms with Gasteiger partial charge < -0.3 is 4.90 Å². The van der Waals surface area contributed by atoms with Crippen LogP contribution in [0.3, 0.4) is 0 Å². The van der Waals surface area contributed by atoms with E-state index < -0.39 is 0 Å². The van der Waals surface area contributed by atoms with Crippen LogP contribution in [0.25, 0.3) is 0 Å². The van der Waals surface area contributed by atoms with E-state index in [0.29, 0.717) is 5.41 Å². The fraction of sp³-hybridized carbons (Fsp3) is 0.714. The second-order valence-electron chi connectivity index (χ2n) is 8.92. The van der Waals surface area contributed by atoms with E-state index in [1.54, 1.807) is 5.56 Å². The molecule has 1 aliphatic carbocycles. The molecule has 1 heterocycles. The molecule has 122 valence electrons. The van der Waals surface area contributed by atoms with Gasteiger partial charge in [-0.25, -0.2) is 0 Å². The van der Waals surface area contributed by atoms with Gasteiger partial charge in [-0.15, -0.1) is 0 Å². The highest BCUT2D eigenvalue weighted by molar-refractivity contribution is 5.36. The first-order chi connectivity index (χ1) is 10.4. The molecule has 2 fully saturated rings. The van der Waals surface area contributed by atoms with Crippen LogP contribution in [-0.2, 0) is 10.8 Å². The van der Waals surface area contributed by atoms with E-state index in [1.807, 2.05) is 0 Å². The van der Waals surface area contributed by atoms with E-state index >= 15 is 0 Å². The largest absolute Gasteiger partial charge is 0.302 e. The first-order valence-corrected chi connectivity index (χ1v) is 9.22. The van der Waals surface area contributed by atoms with Crippen molar-refractivity contribution in [2.75, 3.05) is 19.6 Å². The van der Waals surface area contributed by atoms with E-state index in [1.165, 1.54) is 57.3 Å². The Bertz CT molecular complexity index is 490. The predicted octanol–water partition coefficient (Wildman–Crippen LogP) is 5.14. The molecule has 0 amide bonds. The lowest BCUT2D eigenvalue weighted by molar-refractivity contribution is 0.256. The summed E-state index contributed by atoms with van der Waals surface area (Å²) in [5, 5.41) is 0. The third-order valence-electron chi connectivity index (χ3n) is 5.85. The number of nitrogens with zero attached hydrogens (tertiary/aromatic N) is 1. The SMILES string of the molecule is CC1CCCN(CC2(c3ccc(C(C)(C)C)cc3)CC2)CC1. The molecule has 0 bridgehead atoms. The molecule has 0 spiro atoms. The fourth-order valence-electron chi connectivity index (χ4n) is 3.92. The Morgan fingerprint density at radius 1 is 1.05 bits per heavy atom. The normalized spacial score (nSPS) is 25.7. The third-order valence-corrected chi connectivity index (χ3v) is 5.85. The molecule has 1 atom stereocenters. The Balaban J connectivity index is 1.68. The van der Waals surface area contributed by atoms with Crippen LogP contribution in [0.4, 0.5) is 0 Å². The van der Waals surface area contributed by atoms with Gasteiger partial charge in [0.1, 0.15) is 0 Å². The topological polar surface area (TPSA) is 3.24 Å². The van der Waals surface area contributed by atoms with Crippen molar-refractivity contribution in [2.45, 2.75) is 70.6 Å². The first-order valence-electron chi connectivity index (χ1n) is 9.22. The maximum atomic E-state index is 2.74. The van der Waals surface area contributed by atoms with Crippen LogP contribution in [0.2, 0.25) is 0 Å². The zero-order valence-electron chi connectivity index (χ0n) is 15.0. The highest BCUT2D eigenvalue weighted by Gasteiger charge is 2.45. The van der Waals surface area contributed by atoms with Gasteiger partial charge in [-0.2, -0.15) is 0 Å². The molecule has 1 aliphatic heterocycles. The van der Waals surface area contributed by atoms with E-state index in [4.69, 9.17) is 0 Å². The molecule has 1 aromatic carbocycles. The lowest BCUT2D eigenvalue weighted by atomic mass is 9.85. The Kier molecular flexibility index (Phi) is 4.38. The summed E-state index contributed by atoms with van der Waals surface area (Å²) in [7, 11) is 0. The molecule has 1 aromatic rings. The smallest absolute Gasteiger partial charge is 0.00809 e. The van der Waals surface area contributed by atoms with Crippen molar-refractivity contribution in [1.82, 2.24) is 4.90 Å². The Hall–Kier alpha value is -0.820. The van der Waals surface area contributed by atoms with Gasteiger partial charge in [0.15, 0.2) is 0 Å². The Morgan fingerprint density at radius 3 is 2.32 bits per heavy atom. The van der Waals surface area contributed by atoms with Crippen LogP contribution in [0.1, 0.15) is 70.9 Å². The maximum absolute atomic E-state index is 2.74. The minimum atomic E-state index is 0.260. The second kappa shape index (κ2) is 6.00. The molecule has 1 saturated carbocycles. The van der Waals surface area contributed by atoms with Gasteiger partial charge in [0.2, 0.25) is 0 Å². The van der Waals surface area contributed by atoms with Gasteiger partial charge >= 0.3 is 0 Å². The summed E-state index contributed by atoms with van der Waals surface area (Å²) in [5.41, 5.74) is 3.77. The lowest BCUT2D eigenvalue weighted by Gasteiger charge is -2.27. The predicted molar refractivity (Wildman–Crippen MR) is 95.5 cm³/mol. The highest BCUT2D eigenvalue weighted by Crippen LogP contribution is 2.49. The lowest BCUT2D eigenvalue weighted by Crippen LogP contribution is -2.33. The van der Waals surface area contributed by atoms with E-state index in [9.17, 15) is 0 Å². The minimum Gasteiger partial charge on any atom is -0.302 e. The number of rotatable bonds is 3. The van der Waals surface area contributed by atoms with E-state index in [2.05, 4.69) is 56.9 Å². The summed E-state index contributed by atoms with van der Waals surface area (Å²) in [6.07, 6.45) is 6.96. The molecule has 1 saturated heterocycles. The standard InChI is InChI=1S/C21H33N/c1-17-6-5-14-22(15-11-17)16-21(12-13-21)19-9-7-18(8-10-19)20(2,3)4/h7-10,17H,5-6,11-16H2,1-4H3. The number of hydrogen-bond donors (Lipinski definition) is 0. The van der Waals surface area contributed by atoms with Gasteiger partial charge in [-0.05, 0) is 67.7 Å². The van der Waals surface area contributed by atoms with Crippen molar-refractivity contribution in [3.05, 3.63) is 35.4 Å². The summed E-state index contributed by atoms with van der Waals surface area (Å²) in [5.74, 6) is 0.922. The molecule has 1 unspecified atom stereocenters. The molecule has 0 aromatic heterocycles. The quantitative estimate of drug-likeness (QED) is 0.747. The summed E-state index contributed by atoms with van der Waals surface area (Å²) in [4.78, 5) is 2.74. The number of likely N-dealkylation sites (tertiary alicyclic amines) is 1. The van der Waals surface area contributed by atoms with Crippen molar-refractivity contribution in [3.63, 3.8) is 0 Å². The van der Waals surface area contributed by atoms with E-state index in [0.717, 1.165) is 5.92 Å². The van der Waals surface area contributed by atoms with Crippen LogP contribution < -0.4 is 0 Å². The molecule has 2 aliphatic rings.